The zero-order valence-corrected chi connectivity index (χ0v) is 12.4. The van der Waals surface area contributed by atoms with Gasteiger partial charge in [-0.3, -0.25) is 9.59 Å². The van der Waals surface area contributed by atoms with Gasteiger partial charge in [0.15, 0.2) is 0 Å². The molecule has 1 amide bonds. The minimum atomic E-state index is -0.818. The van der Waals surface area contributed by atoms with E-state index in [-0.39, 0.29) is 18.2 Å². The van der Waals surface area contributed by atoms with Gasteiger partial charge >= 0.3 is 5.97 Å². The van der Waals surface area contributed by atoms with E-state index in [0.29, 0.717) is 30.5 Å². The molecule has 1 aliphatic rings. The number of benzene rings is 1. The molecule has 2 rings (SSSR count). The molecule has 0 bridgehead atoms. The van der Waals surface area contributed by atoms with Crippen LogP contribution < -0.4 is 0 Å². The van der Waals surface area contributed by atoms with E-state index in [9.17, 15) is 19.8 Å². The first-order chi connectivity index (χ1) is 9.89. The van der Waals surface area contributed by atoms with Gasteiger partial charge in [0.1, 0.15) is 5.75 Å². The van der Waals surface area contributed by atoms with Crippen LogP contribution in [0.25, 0.3) is 0 Å². The Morgan fingerprint density at radius 1 is 1.38 bits per heavy atom. The van der Waals surface area contributed by atoms with Crippen LogP contribution in [0.3, 0.4) is 0 Å². The first-order valence-electron chi connectivity index (χ1n) is 7.22. The second-order valence-corrected chi connectivity index (χ2v) is 5.81. The standard InChI is InChI=1S/C16H21NO4/c1-3-6-16(15(20)21)7-8-17(10-16)14(19)13-5-4-12(18)9-11(13)2/h4-5,9,18H,3,6-8,10H2,1-2H3,(H,20,21). The maximum atomic E-state index is 12.5. The van der Waals surface area contributed by atoms with Crippen LogP contribution in [0.2, 0.25) is 0 Å². The highest BCUT2D eigenvalue weighted by atomic mass is 16.4. The second kappa shape index (κ2) is 5.76. The molecule has 1 saturated heterocycles. The number of aromatic hydroxyl groups is 1. The van der Waals surface area contributed by atoms with Crippen LogP contribution in [0, 0.1) is 12.3 Å². The van der Waals surface area contributed by atoms with E-state index in [1.807, 2.05) is 6.92 Å². The Kier molecular flexibility index (Phi) is 4.21. The number of carbonyl (C=O) groups excluding carboxylic acids is 1. The molecule has 0 spiro atoms. The largest absolute Gasteiger partial charge is 0.508 e. The van der Waals surface area contributed by atoms with Crippen molar-refractivity contribution in [3.8, 4) is 5.75 Å². The summed E-state index contributed by atoms with van der Waals surface area (Å²) in [7, 11) is 0. The number of aliphatic carboxylic acids is 1. The summed E-state index contributed by atoms with van der Waals surface area (Å²) < 4.78 is 0. The van der Waals surface area contributed by atoms with Crippen LogP contribution in [0.1, 0.15) is 42.1 Å². The van der Waals surface area contributed by atoms with Gasteiger partial charge < -0.3 is 15.1 Å². The van der Waals surface area contributed by atoms with Gasteiger partial charge in [0.05, 0.1) is 5.41 Å². The van der Waals surface area contributed by atoms with Crippen molar-refractivity contribution in [1.29, 1.82) is 0 Å². The van der Waals surface area contributed by atoms with Gasteiger partial charge in [0, 0.05) is 18.7 Å². The third-order valence-electron chi connectivity index (χ3n) is 4.26. The van der Waals surface area contributed by atoms with Crippen molar-refractivity contribution in [2.75, 3.05) is 13.1 Å². The number of aryl methyl sites for hydroxylation is 1. The van der Waals surface area contributed by atoms with Gasteiger partial charge in [-0.1, -0.05) is 13.3 Å². The molecule has 21 heavy (non-hydrogen) atoms. The topological polar surface area (TPSA) is 77.8 Å². The first kappa shape index (κ1) is 15.4. The molecule has 1 aromatic carbocycles. The summed E-state index contributed by atoms with van der Waals surface area (Å²) in [4.78, 5) is 25.7. The highest BCUT2D eigenvalue weighted by Gasteiger charge is 2.45. The lowest BCUT2D eigenvalue weighted by molar-refractivity contribution is -0.148. The fourth-order valence-electron chi connectivity index (χ4n) is 3.07. The summed E-state index contributed by atoms with van der Waals surface area (Å²) in [6, 6.07) is 4.61. The minimum Gasteiger partial charge on any atom is -0.508 e. The van der Waals surface area contributed by atoms with Crippen LogP contribution in [-0.2, 0) is 4.79 Å². The normalized spacial score (nSPS) is 21.5. The van der Waals surface area contributed by atoms with Crippen LogP contribution in [0.15, 0.2) is 18.2 Å². The van der Waals surface area contributed by atoms with Crippen molar-refractivity contribution in [3.05, 3.63) is 29.3 Å². The Balaban J connectivity index is 2.20. The molecule has 1 heterocycles. The molecule has 0 radical (unpaired) electrons. The number of phenolic OH excluding ortho intramolecular Hbond substituents is 1. The van der Waals surface area contributed by atoms with E-state index in [1.54, 1.807) is 24.0 Å². The number of carbonyl (C=O) groups is 2. The number of carboxylic acid groups (broad SMARTS) is 1. The van der Waals surface area contributed by atoms with Crippen LogP contribution in [0.5, 0.6) is 5.75 Å². The fourth-order valence-corrected chi connectivity index (χ4v) is 3.07. The zero-order valence-electron chi connectivity index (χ0n) is 12.4. The Morgan fingerprint density at radius 3 is 2.67 bits per heavy atom. The molecule has 5 heteroatoms. The van der Waals surface area contributed by atoms with Crippen molar-refractivity contribution in [1.82, 2.24) is 4.90 Å². The number of nitrogens with zero attached hydrogens (tertiary/aromatic N) is 1. The molecule has 2 N–H and O–H groups in total. The number of rotatable bonds is 4. The van der Waals surface area contributed by atoms with Gasteiger partial charge in [0.2, 0.25) is 0 Å². The van der Waals surface area contributed by atoms with Gasteiger partial charge in [-0.25, -0.2) is 0 Å². The lowest BCUT2D eigenvalue weighted by Gasteiger charge is -2.24. The number of phenols is 1. The van der Waals surface area contributed by atoms with Crippen molar-refractivity contribution >= 4 is 11.9 Å². The molecule has 1 aliphatic heterocycles. The maximum absolute atomic E-state index is 12.5. The Bertz CT molecular complexity index is 569. The van der Waals surface area contributed by atoms with Crippen LogP contribution in [-0.4, -0.2) is 40.1 Å². The molecule has 1 aromatic rings. The SMILES string of the molecule is CCCC1(C(=O)O)CCN(C(=O)c2ccc(O)cc2C)C1. The molecule has 1 fully saturated rings. The highest BCUT2D eigenvalue weighted by molar-refractivity contribution is 5.96. The maximum Gasteiger partial charge on any atom is 0.311 e. The average molecular weight is 291 g/mol. The molecule has 0 aliphatic carbocycles. The van der Waals surface area contributed by atoms with Gasteiger partial charge in [-0.15, -0.1) is 0 Å². The predicted octanol–water partition coefficient (Wildman–Crippen LogP) is 2.42. The van der Waals surface area contributed by atoms with E-state index in [1.165, 1.54) is 6.07 Å². The summed E-state index contributed by atoms with van der Waals surface area (Å²) in [6.45, 7) is 4.44. The summed E-state index contributed by atoms with van der Waals surface area (Å²) in [5.74, 6) is -0.856. The van der Waals surface area contributed by atoms with E-state index >= 15 is 0 Å². The number of carboxylic acids is 1. The lowest BCUT2D eigenvalue weighted by atomic mass is 9.83. The zero-order chi connectivity index (χ0) is 15.6. The first-order valence-corrected chi connectivity index (χ1v) is 7.22. The van der Waals surface area contributed by atoms with Crippen molar-refractivity contribution in [2.45, 2.75) is 33.1 Å². The van der Waals surface area contributed by atoms with E-state index in [2.05, 4.69) is 0 Å². The predicted molar refractivity (Wildman–Crippen MR) is 78.3 cm³/mol. The van der Waals surface area contributed by atoms with Crippen LogP contribution in [0.4, 0.5) is 0 Å². The molecule has 114 valence electrons. The summed E-state index contributed by atoms with van der Waals surface area (Å²) in [6.07, 6.45) is 1.87. The Hall–Kier alpha value is -2.04. The quantitative estimate of drug-likeness (QED) is 0.893. The van der Waals surface area contributed by atoms with E-state index in [0.717, 1.165) is 6.42 Å². The third-order valence-corrected chi connectivity index (χ3v) is 4.26. The molecular weight excluding hydrogens is 270 g/mol. The fraction of sp³-hybridized carbons (Fsp3) is 0.500. The summed E-state index contributed by atoms with van der Waals surface area (Å²) in [5.41, 5.74) is 0.406. The number of hydrogen-bond acceptors (Lipinski definition) is 3. The molecular formula is C16H21NO4. The smallest absolute Gasteiger partial charge is 0.311 e. The van der Waals surface area contributed by atoms with Crippen molar-refractivity contribution in [3.63, 3.8) is 0 Å². The Morgan fingerprint density at radius 2 is 2.10 bits per heavy atom. The minimum absolute atomic E-state index is 0.122. The molecule has 5 nitrogen and oxygen atoms in total. The van der Waals surface area contributed by atoms with Gasteiger partial charge in [-0.05, 0) is 43.5 Å². The number of amides is 1. The monoisotopic (exact) mass is 291 g/mol. The van der Waals surface area contributed by atoms with Crippen molar-refractivity contribution < 1.29 is 19.8 Å². The van der Waals surface area contributed by atoms with E-state index < -0.39 is 11.4 Å². The lowest BCUT2D eigenvalue weighted by Crippen LogP contribution is -2.37. The molecule has 1 unspecified atom stereocenters. The van der Waals surface area contributed by atoms with Crippen molar-refractivity contribution in [2.24, 2.45) is 5.41 Å². The summed E-state index contributed by atoms with van der Waals surface area (Å²) >= 11 is 0. The molecule has 1 atom stereocenters. The second-order valence-electron chi connectivity index (χ2n) is 5.81. The number of likely N-dealkylation sites (tertiary alicyclic amines) is 1. The van der Waals surface area contributed by atoms with E-state index in [4.69, 9.17) is 0 Å². The molecule has 0 saturated carbocycles. The third kappa shape index (κ3) is 2.86. The number of hydrogen-bond donors (Lipinski definition) is 2. The molecule has 0 aromatic heterocycles. The Labute approximate surface area is 124 Å². The van der Waals surface area contributed by atoms with Gasteiger partial charge in [-0.2, -0.15) is 0 Å². The summed E-state index contributed by atoms with van der Waals surface area (Å²) in [5, 5.41) is 18.9. The van der Waals surface area contributed by atoms with Crippen LogP contribution >= 0.6 is 0 Å². The highest BCUT2D eigenvalue weighted by Crippen LogP contribution is 2.36. The average Bonchev–Trinajstić information content (AvgIpc) is 2.84. The van der Waals surface area contributed by atoms with Gasteiger partial charge in [0.25, 0.3) is 5.91 Å².